The zero-order valence-corrected chi connectivity index (χ0v) is 15.4. The molecule has 3 aromatic rings. The van der Waals surface area contributed by atoms with E-state index in [0.717, 1.165) is 17.0 Å². The Balaban J connectivity index is 1.75. The highest BCUT2D eigenvalue weighted by Crippen LogP contribution is 2.22. The predicted octanol–water partition coefficient (Wildman–Crippen LogP) is 3.89. The fourth-order valence-corrected chi connectivity index (χ4v) is 2.66. The van der Waals surface area contributed by atoms with Gasteiger partial charge in [-0.25, -0.2) is 4.98 Å². The number of hydrogen-bond donors (Lipinski definition) is 1. The van der Waals surface area contributed by atoms with Gasteiger partial charge < -0.3 is 15.0 Å². The highest BCUT2D eigenvalue weighted by Gasteiger charge is 2.17. The van der Waals surface area contributed by atoms with Crippen molar-refractivity contribution in [1.29, 1.82) is 0 Å². The second-order valence-corrected chi connectivity index (χ2v) is 6.00. The van der Waals surface area contributed by atoms with Crippen molar-refractivity contribution in [2.24, 2.45) is 0 Å². The van der Waals surface area contributed by atoms with E-state index in [9.17, 15) is 4.79 Å². The van der Waals surface area contributed by atoms with Crippen molar-refractivity contribution < 1.29 is 9.53 Å². The number of nitrogens with zero attached hydrogens (tertiary/aromatic N) is 3. The van der Waals surface area contributed by atoms with Crippen LogP contribution in [-0.2, 0) is 6.54 Å². The van der Waals surface area contributed by atoms with Gasteiger partial charge in [-0.05, 0) is 55.0 Å². The molecule has 0 aliphatic rings. The van der Waals surface area contributed by atoms with Crippen LogP contribution >= 0.6 is 0 Å². The maximum atomic E-state index is 12.9. The highest BCUT2D eigenvalue weighted by atomic mass is 16.5. The Morgan fingerprint density at radius 3 is 2.59 bits per heavy atom. The lowest BCUT2D eigenvalue weighted by Gasteiger charge is -2.19. The summed E-state index contributed by atoms with van der Waals surface area (Å²) in [7, 11) is 1.77. The number of ether oxygens (including phenoxy) is 1. The third kappa shape index (κ3) is 4.82. The number of hydrogen-bond acceptors (Lipinski definition) is 5. The first-order chi connectivity index (χ1) is 13.2. The van der Waals surface area contributed by atoms with Crippen molar-refractivity contribution in [2.75, 3.05) is 19.0 Å². The Kier molecular flexibility index (Phi) is 5.99. The number of nitrogens with one attached hydrogen (secondary N) is 1. The molecule has 0 spiro atoms. The SMILES string of the molecule is CCOc1ccc(Nc2ncccc2C(=O)N(C)Cc2cccnc2)cc1. The van der Waals surface area contributed by atoms with Crippen molar-refractivity contribution in [3.8, 4) is 5.75 Å². The highest BCUT2D eigenvalue weighted by molar-refractivity contribution is 5.99. The van der Waals surface area contributed by atoms with E-state index < -0.39 is 0 Å². The fourth-order valence-electron chi connectivity index (χ4n) is 2.66. The van der Waals surface area contributed by atoms with Crippen LogP contribution in [0.1, 0.15) is 22.8 Å². The summed E-state index contributed by atoms with van der Waals surface area (Å²) in [5.74, 6) is 1.21. The Bertz CT molecular complexity index is 882. The first-order valence-corrected chi connectivity index (χ1v) is 8.76. The first kappa shape index (κ1) is 18.4. The summed E-state index contributed by atoms with van der Waals surface area (Å²) in [4.78, 5) is 23.0. The Hall–Kier alpha value is -3.41. The van der Waals surface area contributed by atoms with Gasteiger partial charge in [-0.3, -0.25) is 9.78 Å². The van der Waals surface area contributed by atoms with Gasteiger partial charge in [0.25, 0.3) is 5.91 Å². The van der Waals surface area contributed by atoms with Gasteiger partial charge >= 0.3 is 0 Å². The second-order valence-electron chi connectivity index (χ2n) is 6.00. The van der Waals surface area contributed by atoms with Gasteiger partial charge in [0.15, 0.2) is 0 Å². The maximum Gasteiger partial charge on any atom is 0.257 e. The summed E-state index contributed by atoms with van der Waals surface area (Å²) in [6, 6.07) is 14.9. The number of carbonyl (C=O) groups excluding carboxylic acids is 1. The minimum Gasteiger partial charge on any atom is -0.494 e. The zero-order chi connectivity index (χ0) is 19.1. The monoisotopic (exact) mass is 362 g/mol. The number of aromatic nitrogens is 2. The number of amides is 1. The van der Waals surface area contributed by atoms with Crippen molar-refractivity contribution in [3.63, 3.8) is 0 Å². The van der Waals surface area contributed by atoms with Crippen molar-refractivity contribution >= 4 is 17.4 Å². The van der Waals surface area contributed by atoms with Crippen LogP contribution in [-0.4, -0.2) is 34.4 Å². The normalized spacial score (nSPS) is 10.3. The molecule has 1 amide bonds. The maximum absolute atomic E-state index is 12.9. The molecule has 0 fully saturated rings. The van der Waals surface area contributed by atoms with Crippen LogP contribution < -0.4 is 10.1 Å². The molecule has 0 saturated carbocycles. The molecule has 27 heavy (non-hydrogen) atoms. The Morgan fingerprint density at radius 2 is 1.89 bits per heavy atom. The molecule has 3 rings (SSSR count). The average Bonchev–Trinajstić information content (AvgIpc) is 2.70. The molecule has 1 aromatic carbocycles. The second kappa shape index (κ2) is 8.80. The summed E-state index contributed by atoms with van der Waals surface area (Å²) in [5, 5.41) is 3.21. The van der Waals surface area contributed by atoms with Gasteiger partial charge in [0.2, 0.25) is 0 Å². The molecule has 2 aromatic heterocycles. The molecule has 0 saturated heterocycles. The zero-order valence-electron chi connectivity index (χ0n) is 15.4. The standard InChI is InChI=1S/C21H22N4O2/c1-3-27-18-10-8-17(9-11-18)24-20-19(7-5-13-23-20)21(26)25(2)15-16-6-4-12-22-14-16/h4-14H,3,15H2,1-2H3,(H,23,24). The molecule has 6 nitrogen and oxygen atoms in total. The van der Waals surface area contributed by atoms with E-state index in [1.54, 1.807) is 42.7 Å². The summed E-state index contributed by atoms with van der Waals surface area (Å²) in [5.41, 5.74) is 2.32. The molecule has 0 atom stereocenters. The third-order valence-corrected chi connectivity index (χ3v) is 3.96. The van der Waals surface area contributed by atoms with E-state index in [4.69, 9.17) is 4.74 Å². The lowest BCUT2D eigenvalue weighted by molar-refractivity contribution is 0.0785. The number of anilines is 2. The number of carbonyl (C=O) groups is 1. The van der Waals surface area contributed by atoms with Gasteiger partial charge in [0, 0.05) is 37.9 Å². The molecule has 0 radical (unpaired) electrons. The average molecular weight is 362 g/mol. The fraction of sp³-hybridized carbons (Fsp3) is 0.190. The van der Waals surface area contributed by atoms with Gasteiger partial charge in [0.1, 0.15) is 11.6 Å². The summed E-state index contributed by atoms with van der Waals surface area (Å²) in [6.45, 7) is 3.04. The smallest absolute Gasteiger partial charge is 0.257 e. The van der Waals surface area contributed by atoms with Gasteiger partial charge in [-0.1, -0.05) is 6.07 Å². The van der Waals surface area contributed by atoms with E-state index in [-0.39, 0.29) is 5.91 Å². The minimum atomic E-state index is -0.111. The first-order valence-electron chi connectivity index (χ1n) is 8.76. The van der Waals surface area contributed by atoms with Crippen LogP contribution in [0.5, 0.6) is 5.75 Å². The summed E-state index contributed by atoms with van der Waals surface area (Å²) in [6.07, 6.45) is 5.13. The molecule has 2 heterocycles. The van der Waals surface area contributed by atoms with Crippen LogP contribution in [0.2, 0.25) is 0 Å². The van der Waals surface area contributed by atoms with Crippen LogP contribution in [0.3, 0.4) is 0 Å². The minimum absolute atomic E-state index is 0.111. The summed E-state index contributed by atoms with van der Waals surface area (Å²) >= 11 is 0. The van der Waals surface area contributed by atoms with Gasteiger partial charge in [-0.2, -0.15) is 0 Å². The van der Waals surface area contributed by atoms with Crippen LogP contribution in [0.4, 0.5) is 11.5 Å². The van der Waals surface area contributed by atoms with Crippen molar-refractivity contribution in [3.05, 3.63) is 78.2 Å². The van der Waals surface area contributed by atoms with E-state index in [1.165, 1.54) is 0 Å². The molecule has 0 bridgehead atoms. The molecular weight excluding hydrogens is 340 g/mol. The van der Waals surface area contributed by atoms with Crippen LogP contribution in [0.15, 0.2) is 67.1 Å². The topological polar surface area (TPSA) is 67.3 Å². The molecule has 6 heteroatoms. The van der Waals surface area contributed by atoms with E-state index in [2.05, 4.69) is 15.3 Å². The molecule has 0 aliphatic carbocycles. The van der Waals surface area contributed by atoms with Gasteiger partial charge in [-0.15, -0.1) is 0 Å². The van der Waals surface area contributed by atoms with E-state index in [0.29, 0.717) is 24.5 Å². The third-order valence-electron chi connectivity index (χ3n) is 3.96. The van der Waals surface area contributed by atoms with Crippen molar-refractivity contribution in [1.82, 2.24) is 14.9 Å². The predicted molar refractivity (Wildman–Crippen MR) is 105 cm³/mol. The largest absolute Gasteiger partial charge is 0.494 e. The number of benzene rings is 1. The molecular formula is C21H22N4O2. The lowest BCUT2D eigenvalue weighted by atomic mass is 10.2. The van der Waals surface area contributed by atoms with E-state index >= 15 is 0 Å². The van der Waals surface area contributed by atoms with Gasteiger partial charge in [0.05, 0.1) is 12.2 Å². The van der Waals surface area contributed by atoms with Crippen LogP contribution in [0.25, 0.3) is 0 Å². The number of rotatable bonds is 7. The van der Waals surface area contributed by atoms with Crippen molar-refractivity contribution in [2.45, 2.75) is 13.5 Å². The number of pyridine rings is 2. The molecule has 0 unspecified atom stereocenters. The quantitative estimate of drug-likeness (QED) is 0.691. The molecule has 0 aliphatic heterocycles. The molecule has 1 N–H and O–H groups in total. The molecule has 138 valence electrons. The van der Waals surface area contributed by atoms with E-state index in [1.807, 2.05) is 43.3 Å². The lowest BCUT2D eigenvalue weighted by Crippen LogP contribution is -2.27. The van der Waals surface area contributed by atoms with Crippen LogP contribution in [0, 0.1) is 0 Å². The Morgan fingerprint density at radius 1 is 1.11 bits per heavy atom. The Labute approximate surface area is 158 Å². The summed E-state index contributed by atoms with van der Waals surface area (Å²) < 4.78 is 5.45.